The van der Waals surface area contributed by atoms with Crippen LogP contribution >= 0.6 is 0 Å². The van der Waals surface area contributed by atoms with Crippen LogP contribution in [0, 0.1) is 5.41 Å². The zero-order valence-corrected chi connectivity index (χ0v) is 15.0. The second kappa shape index (κ2) is 5.61. The van der Waals surface area contributed by atoms with E-state index in [0.717, 1.165) is 31.4 Å². The molecule has 3 rings (SSSR count). The number of ether oxygens (including phenoxy) is 1. The predicted molar refractivity (Wildman–Crippen MR) is 88.9 cm³/mol. The fourth-order valence-electron chi connectivity index (χ4n) is 3.21. The van der Waals surface area contributed by atoms with Crippen LogP contribution in [-0.2, 0) is 18.8 Å². The first-order valence-corrected chi connectivity index (χ1v) is 8.56. The molecule has 128 valence electrons. The van der Waals surface area contributed by atoms with E-state index < -0.39 is 0 Å². The van der Waals surface area contributed by atoms with E-state index in [1.165, 1.54) is 0 Å². The molecule has 3 heterocycles. The van der Waals surface area contributed by atoms with Crippen molar-refractivity contribution < 1.29 is 18.8 Å². The van der Waals surface area contributed by atoms with Gasteiger partial charge in [-0.25, -0.2) is 0 Å². The van der Waals surface area contributed by atoms with E-state index in [-0.39, 0.29) is 29.6 Å². The molecule has 2 saturated heterocycles. The van der Waals surface area contributed by atoms with Gasteiger partial charge in [0.15, 0.2) is 0 Å². The van der Waals surface area contributed by atoms with E-state index >= 15 is 0 Å². The summed E-state index contributed by atoms with van der Waals surface area (Å²) in [5.41, 5.74) is 0.192. The molecule has 3 aliphatic heterocycles. The molecule has 6 heteroatoms. The zero-order valence-electron chi connectivity index (χ0n) is 15.0. The molecule has 0 aromatic rings. The third-order valence-corrected chi connectivity index (χ3v) is 5.68. The predicted octanol–water partition coefficient (Wildman–Crippen LogP) is 2.20. The molecule has 23 heavy (non-hydrogen) atoms. The number of amides is 1. The molecule has 0 spiro atoms. The fraction of sp³-hybridized carbons (Fsp3) is 0.824. The Labute approximate surface area is 139 Å². The summed E-state index contributed by atoms with van der Waals surface area (Å²) in [5, 5.41) is 0. The molecule has 0 aliphatic carbocycles. The molecule has 0 radical (unpaired) electrons. The highest BCUT2D eigenvalue weighted by Gasteiger charge is 2.52. The van der Waals surface area contributed by atoms with Crippen LogP contribution in [0.5, 0.6) is 0 Å². The second-order valence-corrected chi connectivity index (χ2v) is 8.25. The van der Waals surface area contributed by atoms with Crippen LogP contribution < -0.4 is 0 Å². The minimum absolute atomic E-state index is 0.215. The van der Waals surface area contributed by atoms with E-state index in [9.17, 15) is 4.79 Å². The highest BCUT2D eigenvalue weighted by molar-refractivity contribution is 6.54. The Morgan fingerprint density at radius 2 is 1.70 bits per heavy atom. The standard InChI is InChI=1S/C17H28BNO4/c1-15(2)16(3,4)23-18(22-15)13-7-6-9-19(10-8-13)14(20)17(5)11-21-12-17/h7H,6,8-12H2,1-5H3. The Kier molecular flexibility index (Phi) is 4.14. The number of carbonyl (C=O) groups is 1. The monoisotopic (exact) mass is 321 g/mol. The molecule has 3 aliphatic rings. The highest BCUT2D eigenvalue weighted by Crippen LogP contribution is 2.39. The molecular weight excluding hydrogens is 293 g/mol. The largest absolute Gasteiger partial charge is 0.490 e. The molecule has 5 nitrogen and oxygen atoms in total. The summed E-state index contributed by atoms with van der Waals surface area (Å²) in [5.74, 6) is 0.215. The molecule has 0 aromatic heterocycles. The van der Waals surface area contributed by atoms with Gasteiger partial charge in [-0.1, -0.05) is 6.08 Å². The van der Waals surface area contributed by atoms with Gasteiger partial charge in [0.25, 0.3) is 0 Å². The van der Waals surface area contributed by atoms with Crippen LogP contribution in [0.3, 0.4) is 0 Å². The van der Waals surface area contributed by atoms with Gasteiger partial charge in [0, 0.05) is 13.1 Å². The summed E-state index contributed by atoms with van der Waals surface area (Å²) in [6.45, 7) is 12.8. The third kappa shape index (κ3) is 2.97. The van der Waals surface area contributed by atoms with Gasteiger partial charge in [0.05, 0.1) is 29.8 Å². The lowest BCUT2D eigenvalue weighted by Gasteiger charge is -2.40. The minimum atomic E-state index is -0.325. The molecule has 2 fully saturated rings. The van der Waals surface area contributed by atoms with Crippen molar-refractivity contribution >= 4 is 13.0 Å². The van der Waals surface area contributed by atoms with Crippen molar-refractivity contribution in [1.82, 2.24) is 4.90 Å². The minimum Gasteiger partial charge on any atom is -0.400 e. The SMILES string of the molecule is CC1(C(=O)N2CCC=C(B3OC(C)(C)C(C)(C)O3)CC2)COC1. The molecule has 0 bridgehead atoms. The first kappa shape index (κ1) is 17.0. The quantitative estimate of drug-likeness (QED) is 0.732. The number of hydrogen-bond donors (Lipinski definition) is 0. The molecule has 0 saturated carbocycles. The second-order valence-electron chi connectivity index (χ2n) is 8.25. The maximum Gasteiger partial charge on any atom is 0.490 e. The Morgan fingerprint density at radius 1 is 1.09 bits per heavy atom. The van der Waals surface area contributed by atoms with Crippen molar-refractivity contribution in [3.05, 3.63) is 11.5 Å². The van der Waals surface area contributed by atoms with Gasteiger partial charge >= 0.3 is 7.12 Å². The summed E-state index contributed by atoms with van der Waals surface area (Å²) in [4.78, 5) is 14.6. The van der Waals surface area contributed by atoms with Crippen LogP contribution in [0.15, 0.2) is 11.5 Å². The Hall–Kier alpha value is -0.845. The molecular formula is C17H28BNO4. The molecule has 0 unspecified atom stereocenters. The summed E-state index contributed by atoms with van der Waals surface area (Å²) in [6, 6.07) is 0. The van der Waals surface area contributed by atoms with Crippen LogP contribution in [0.25, 0.3) is 0 Å². The number of carbonyl (C=O) groups excluding carboxylic acids is 1. The fourth-order valence-corrected chi connectivity index (χ4v) is 3.21. The van der Waals surface area contributed by atoms with Gasteiger partial charge in [0.1, 0.15) is 0 Å². The maximum absolute atomic E-state index is 12.6. The average molecular weight is 321 g/mol. The smallest absolute Gasteiger partial charge is 0.400 e. The first-order chi connectivity index (χ1) is 10.6. The van der Waals surface area contributed by atoms with E-state index in [2.05, 4.69) is 33.8 Å². The first-order valence-electron chi connectivity index (χ1n) is 8.56. The van der Waals surface area contributed by atoms with Gasteiger partial charge in [-0.3, -0.25) is 4.79 Å². The lowest BCUT2D eigenvalue weighted by molar-refractivity contribution is -0.168. The lowest BCUT2D eigenvalue weighted by atomic mass is 9.76. The topological polar surface area (TPSA) is 48.0 Å². The summed E-state index contributed by atoms with van der Waals surface area (Å²) in [6.07, 6.45) is 3.84. The van der Waals surface area contributed by atoms with Gasteiger partial charge in [0.2, 0.25) is 5.91 Å². The van der Waals surface area contributed by atoms with Gasteiger partial charge < -0.3 is 18.9 Å². The van der Waals surface area contributed by atoms with Crippen LogP contribution in [0.1, 0.15) is 47.5 Å². The molecule has 0 atom stereocenters. The van der Waals surface area contributed by atoms with Crippen molar-refractivity contribution in [3.8, 4) is 0 Å². The van der Waals surface area contributed by atoms with Gasteiger partial charge in [-0.15, -0.1) is 0 Å². The number of rotatable bonds is 2. The third-order valence-electron chi connectivity index (χ3n) is 5.68. The summed E-state index contributed by atoms with van der Waals surface area (Å²) < 4.78 is 17.5. The molecule has 0 aromatic carbocycles. The van der Waals surface area contributed by atoms with Crippen molar-refractivity contribution in [2.75, 3.05) is 26.3 Å². The Morgan fingerprint density at radius 3 is 2.22 bits per heavy atom. The highest BCUT2D eigenvalue weighted by atomic mass is 16.7. The van der Waals surface area contributed by atoms with Crippen LogP contribution in [0.4, 0.5) is 0 Å². The number of hydrogen-bond acceptors (Lipinski definition) is 4. The lowest BCUT2D eigenvalue weighted by Crippen LogP contribution is -2.53. The zero-order chi connectivity index (χ0) is 16.9. The van der Waals surface area contributed by atoms with Crippen molar-refractivity contribution in [1.29, 1.82) is 0 Å². The summed E-state index contributed by atoms with van der Waals surface area (Å²) >= 11 is 0. The average Bonchev–Trinajstić information content (AvgIpc) is 2.61. The maximum atomic E-state index is 12.6. The van der Waals surface area contributed by atoms with E-state index in [0.29, 0.717) is 13.2 Å². The van der Waals surface area contributed by atoms with Crippen molar-refractivity contribution in [2.24, 2.45) is 5.41 Å². The van der Waals surface area contributed by atoms with Gasteiger partial charge in [-0.05, 0) is 52.9 Å². The Balaban J connectivity index is 1.63. The van der Waals surface area contributed by atoms with E-state index in [1.54, 1.807) is 0 Å². The van der Waals surface area contributed by atoms with Crippen LogP contribution in [-0.4, -0.2) is 55.4 Å². The van der Waals surface area contributed by atoms with Crippen molar-refractivity contribution in [2.45, 2.75) is 58.7 Å². The van der Waals surface area contributed by atoms with E-state index in [1.807, 2.05) is 11.8 Å². The van der Waals surface area contributed by atoms with Crippen molar-refractivity contribution in [3.63, 3.8) is 0 Å². The normalized spacial score (nSPS) is 28.8. The molecule has 1 amide bonds. The van der Waals surface area contributed by atoms with Gasteiger partial charge in [-0.2, -0.15) is 0 Å². The summed E-state index contributed by atoms with van der Waals surface area (Å²) in [7, 11) is -0.294. The number of nitrogens with zero attached hydrogens (tertiary/aromatic N) is 1. The molecule has 0 N–H and O–H groups in total. The Bertz CT molecular complexity index is 509. The van der Waals surface area contributed by atoms with Crippen LogP contribution in [0.2, 0.25) is 0 Å². The van der Waals surface area contributed by atoms with E-state index in [4.69, 9.17) is 14.0 Å².